The molecule has 0 radical (unpaired) electrons. The molecule has 0 aliphatic heterocycles. The summed E-state index contributed by atoms with van der Waals surface area (Å²) in [4.78, 5) is 1.82. The van der Waals surface area contributed by atoms with Gasteiger partial charge < -0.3 is 15.1 Å². The van der Waals surface area contributed by atoms with E-state index in [1.165, 1.54) is 6.07 Å². The molecule has 19 heavy (non-hydrogen) atoms. The molecule has 4 heteroatoms. The van der Waals surface area contributed by atoms with Crippen molar-refractivity contribution in [3.05, 3.63) is 29.6 Å². The van der Waals surface area contributed by atoms with Gasteiger partial charge in [0, 0.05) is 7.05 Å². The lowest BCUT2D eigenvalue weighted by molar-refractivity contribution is 0.106. The molecule has 3 atom stereocenters. The molecule has 3 nitrogen and oxygen atoms in total. The van der Waals surface area contributed by atoms with Crippen LogP contribution in [0.1, 0.15) is 44.3 Å². The number of halogens is 1. The van der Waals surface area contributed by atoms with Crippen molar-refractivity contribution in [1.29, 1.82) is 0 Å². The van der Waals surface area contributed by atoms with E-state index >= 15 is 0 Å². The maximum Gasteiger partial charge on any atom is 0.146 e. The Morgan fingerprint density at radius 2 is 2.00 bits per heavy atom. The Bertz CT molecular complexity index is 436. The average molecular weight is 267 g/mol. The minimum absolute atomic E-state index is 0.0272. The summed E-state index contributed by atoms with van der Waals surface area (Å²) in [6.07, 6.45) is 2.70. The molecule has 0 bridgehead atoms. The quantitative estimate of drug-likeness (QED) is 0.884. The third kappa shape index (κ3) is 3.07. The Labute approximate surface area is 113 Å². The third-order valence-corrected chi connectivity index (χ3v) is 4.03. The van der Waals surface area contributed by atoms with Gasteiger partial charge >= 0.3 is 0 Å². The monoisotopic (exact) mass is 267 g/mol. The summed E-state index contributed by atoms with van der Waals surface area (Å²) in [5.74, 6) is -0.348. The maximum absolute atomic E-state index is 14.1. The fraction of sp³-hybridized carbons (Fsp3) is 0.600. The van der Waals surface area contributed by atoms with Crippen LogP contribution in [0.2, 0.25) is 0 Å². The van der Waals surface area contributed by atoms with E-state index in [0.29, 0.717) is 11.3 Å². The number of nitrogens with zero attached hydrogens (tertiary/aromatic N) is 1. The first-order valence-corrected chi connectivity index (χ1v) is 6.89. The van der Waals surface area contributed by atoms with Gasteiger partial charge in [-0.05, 0) is 37.5 Å². The van der Waals surface area contributed by atoms with Crippen LogP contribution in [0.25, 0.3) is 0 Å². The zero-order valence-corrected chi connectivity index (χ0v) is 11.5. The molecule has 2 N–H and O–H groups in total. The van der Waals surface area contributed by atoms with Crippen LogP contribution in [-0.2, 0) is 0 Å². The van der Waals surface area contributed by atoms with E-state index in [2.05, 4.69) is 0 Å². The van der Waals surface area contributed by atoms with Gasteiger partial charge in [0.1, 0.15) is 5.82 Å². The Balaban J connectivity index is 2.21. The van der Waals surface area contributed by atoms with Crippen LogP contribution in [0.3, 0.4) is 0 Å². The molecule has 2 rings (SSSR count). The van der Waals surface area contributed by atoms with Crippen molar-refractivity contribution in [2.24, 2.45) is 0 Å². The Hall–Kier alpha value is -1.13. The number of hydrogen-bond donors (Lipinski definition) is 2. The van der Waals surface area contributed by atoms with Crippen LogP contribution in [0.4, 0.5) is 10.1 Å². The van der Waals surface area contributed by atoms with Gasteiger partial charge in [0.15, 0.2) is 0 Å². The molecular formula is C15H22FNO2. The minimum atomic E-state index is -0.672. The van der Waals surface area contributed by atoms with Crippen molar-refractivity contribution >= 4 is 5.69 Å². The highest BCUT2D eigenvalue weighted by molar-refractivity contribution is 5.50. The molecular weight excluding hydrogens is 245 g/mol. The Morgan fingerprint density at radius 3 is 2.58 bits per heavy atom. The number of benzene rings is 1. The molecule has 0 aromatic heterocycles. The van der Waals surface area contributed by atoms with E-state index in [9.17, 15) is 14.6 Å². The molecule has 0 amide bonds. The average Bonchev–Trinajstić information content (AvgIpc) is 2.38. The lowest BCUT2D eigenvalue weighted by atomic mass is 9.91. The first kappa shape index (κ1) is 14.3. The van der Waals surface area contributed by atoms with Crippen LogP contribution >= 0.6 is 0 Å². The third-order valence-electron chi connectivity index (χ3n) is 4.03. The second-order valence-corrected chi connectivity index (χ2v) is 5.42. The smallest absolute Gasteiger partial charge is 0.146 e. The molecule has 3 unspecified atom stereocenters. The first-order chi connectivity index (χ1) is 9.00. The maximum atomic E-state index is 14.1. The molecule has 1 saturated carbocycles. The molecule has 1 aliphatic rings. The fourth-order valence-corrected chi connectivity index (χ4v) is 2.79. The Kier molecular flexibility index (Phi) is 4.42. The number of likely N-dealkylation sites (N-methyl/N-ethyl adjacent to an activating group) is 1. The molecule has 1 fully saturated rings. The van der Waals surface area contributed by atoms with Gasteiger partial charge in [-0.25, -0.2) is 4.39 Å². The summed E-state index contributed by atoms with van der Waals surface area (Å²) < 4.78 is 14.1. The van der Waals surface area contributed by atoms with Crippen molar-refractivity contribution in [2.75, 3.05) is 11.9 Å². The van der Waals surface area contributed by atoms with E-state index in [-0.39, 0.29) is 11.9 Å². The largest absolute Gasteiger partial charge is 0.391 e. The van der Waals surface area contributed by atoms with Gasteiger partial charge in [-0.1, -0.05) is 18.9 Å². The van der Waals surface area contributed by atoms with E-state index in [1.54, 1.807) is 19.1 Å². The van der Waals surface area contributed by atoms with E-state index in [4.69, 9.17) is 0 Å². The molecule has 0 heterocycles. The standard InChI is InChI=1S/C15H22FNO2/c1-10(18)11-7-8-13(12(16)9-11)17(2)14-5-3-4-6-15(14)19/h7-10,14-15,18-19H,3-6H2,1-2H3. The Morgan fingerprint density at radius 1 is 1.32 bits per heavy atom. The van der Waals surface area contributed by atoms with Gasteiger partial charge in [0.05, 0.1) is 23.9 Å². The van der Waals surface area contributed by atoms with Crippen molar-refractivity contribution in [3.63, 3.8) is 0 Å². The van der Waals surface area contributed by atoms with Gasteiger partial charge in [-0.2, -0.15) is 0 Å². The second kappa shape index (κ2) is 5.88. The predicted molar refractivity (Wildman–Crippen MR) is 73.7 cm³/mol. The van der Waals surface area contributed by atoms with Crippen molar-refractivity contribution in [3.8, 4) is 0 Å². The molecule has 0 spiro atoms. The number of hydrogen-bond acceptors (Lipinski definition) is 3. The molecule has 106 valence electrons. The number of anilines is 1. The van der Waals surface area contributed by atoms with Crippen LogP contribution in [0, 0.1) is 5.82 Å². The number of aliphatic hydroxyl groups is 2. The number of rotatable bonds is 3. The predicted octanol–water partition coefficient (Wildman–Crippen LogP) is 2.62. The molecule has 1 aromatic rings. The van der Waals surface area contributed by atoms with Crippen molar-refractivity contribution < 1.29 is 14.6 Å². The summed E-state index contributed by atoms with van der Waals surface area (Å²) in [6.45, 7) is 1.61. The first-order valence-electron chi connectivity index (χ1n) is 6.89. The lowest BCUT2D eigenvalue weighted by Gasteiger charge is -2.36. The molecule has 0 saturated heterocycles. The topological polar surface area (TPSA) is 43.7 Å². The van der Waals surface area contributed by atoms with E-state index < -0.39 is 12.2 Å². The second-order valence-electron chi connectivity index (χ2n) is 5.42. The van der Waals surface area contributed by atoms with Crippen molar-refractivity contribution in [1.82, 2.24) is 0 Å². The van der Waals surface area contributed by atoms with E-state index in [0.717, 1.165) is 25.7 Å². The zero-order valence-electron chi connectivity index (χ0n) is 11.5. The van der Waals surface area contributed by atoms with Crippen LogP contribution in [0.5, 0.6) is 0 Å². The van der Waals surface area contributed by atoms with E-state index in [1.807, 2.05) is 11.9 Å². The van der Waals surface area contributed by atoms with Gasteiger partial charge in [-0.15, -0.1) is 0 Å². The summed E-state index contributed by atoms with van der Waals surface area (Å²) in [6, 6.07) is 4.75. The zero-order chi connectivity index (χ0) is 14.0. The summed E-state index contributed by atoms with van der Waals surface area (Å²) in [7, 11) is 1.82. The number of aliphatic hydroxyl groups excluding tert-OH is 2. The lowest BCUT2D eigenvalue weighted by Crippen LogP contribution is -2.43. The van der Waals surface area contributed by atoms with Crippen LogP contribution in [0.15, 0.2) is 18.2 Å². The summed E-state index contributed by atoms with van der Waals surface area (Å²) in [5.41, 5.74) is 1.05. The normalized spacial score (nSPS) is 25.1. The van der Waals surface area contributed by atoms with Gasteiger partial charge in [0.2, 0.25) is 0 Å². The molecule has 1 aromatic carbocycles. The highest BCUT2D eigenvalue weighted by Crippen LogP contribution is 2.29. The van der Waals surface area contributed by atoms with Crippen LogP contribution < -0.4 is 4.90 Å². The fourth-order valence-electron chi connectivity index (χ4n) is 2.79. The van der Waals surface area contributed by atoms with Gasteiger partial charge in [-0.3, -0.25) is 0 Å². The highest BCUT2D eigenvalue weighted by atomic mass is 19.1. The van der Waals surface area contributed by atoms with Crippen LogP contribution in [-0.4, -0.2) is 29.4 Å². The molecule has 1 aliphatic carbocycles. The SMILES string of the molecule is CC(O)c1ccc(N(C)C2CCCCC2O)c(F)c1. The minimum Gasteiger partial charge on any atom is -0.391 e. The summed E-state index contributed by atoms with van der Waals surface area (Å²) in [5, 5.41) is 19.5. The summed E-state index contributed by atoms with van der Waals surface area (Å²) >= 11 is 0. The van der Waals surface area contributed by atoms with Gasteiger partial charge in [0.25, 0.3) is 0 Å². The highest BCUT2D eigenvalue weighted by Gasteiger charge is 2.28. The van der Waals surface area contributed by atoms with Crippen molar-refractivity contribution in [2.45, 2.75) is 50.9 Å².